The molecule has 1 aromatic carbocycles. The van der Waals surface area contributed by atoms with E-state index < -0.39 is 11.7 Å². The first-order valence-electron chi connectivity index (χ1n) is 5.02. The van der Waals surface area contributed by atoms with Crippen LogP contribution in [0.3, 0.4) is 0 Å². The van der Waals surface area contributed by atoms with E-state index in [0.717, 1.165) is 12.1 Å². The fourth-order valence-electron chi connectivity index (χ4n) is 1.50. The van der Waals surface area contributed by atoms with Crippen molar-refractivity contribution in [3.8, 4) is 0 Å². The summed E-state index contributed by atoms with van der Waals surface area (Å²) in [5.41, 5.74) is 6.19. The van der Waals surface area contributed by atoms with E-state index in [9.17, 15) is 9.18 Å². The number of nitrogens with two attached hydrogens (primary N) is 1. The molecule has 0 aliphatic heterocycles. The third kappa shape index (κ3) is 2.60. The average molecular weight is 269 g/mol. The zero-order valence-corrected chi connectivity index (χ0v) is 10.2. The molecule has 7 heteroatoms. The Kier molecular flexibility index (Phi) is 3.20. The summed E-state index contributed by atoms with van der Waals surface area (Å²) in [5.74, 6) is -1.05. The van der Waals surface area contributed by atoms with Crippen molar-refractivity contribution in [1.29, 1.82) is 0 Å². The van der Waals surface area contributed by atoms with Gasteiger partial charge in [0.2, 0.25) is 0 Å². The molecule has 0 atom stereocenters. The molecule has 1 aromatic heterocycles. The van der Waals surface area contributed by atoms with E-state index in [-0.39, 0.29) is 22.1 Å². The van der Waals surface area contributed by atoms with E-state index in [0.29, 0.717) is 0 Å². The van der Waals surface area contributed by atoms with Crippen LogP contribution in [0.15, 0.2) is 24.4 Å². The standard InChI is InChI=1S/C11H10ClFN4O/c1-17-5-9(14)10(16-17)11(18)15-8-3-6(12)2-7(13)4-8/h2-5H,14H2,1H3,(H,15,18). The fourth-order valence-corrected chi connectivity index (χ4v) is 1.72. The number of amides is 1. The van der Waals surface area contributed by atoms with Crippen molar-refractivity contribution in [2.24, 2.45) is 7.05 Å². The largest absolute Gasteiger partial charge is 0.396 e. The molecular weight excluding hydrogens is 259 g/mol. The lowest BCUT2D eigenvalue weighted by atomic mass is 10.3. The maximum Gasteiger partial charge on any atom is 0.278 e. The predicted octanol–water partition coefficient (Wildman–Crippen LogP) is 2.05. The Bertz CT molecular complexity index is 591. The van der Waals surface area contributed by atoms with Crippen LogP contribution in [0.1, 0.15) is 10.5 Å². The monoisotopic (exact) mass is 268 g/mol. The molecule has 18 heavy (non-hydrogen) atoms. The van der Waals surface area contributed by atoms with E-state index in [2.05, 4.69) is 10.4 Å². The Morgan fingerprint density at radius 1 is 1.50 bits per heavy atom. The molecule has 1 amide bonds. The van der Waals surface area contributed by atoms with Crippen LogP contribution in [0.5, 0.6) is 0 Å². The molecule has 0 radical (unpaired) electrons. The molecule has 0 spiro atoms. The highest BCUT2D eigenvalue weighted by Crippen LogP contribution is 2.19. The van der Waals surface area contributed by atoms with Crippen molar-refractivity contribution in [3.63, 3.8) is 0 Å². The quantitative estimate of drug-likeness (QED) is 0.875. The minimum Gasteiger partial charge on any atom is -0.396 e. The van der Waals surface area contributed by atoms with Gasteiger partial charge in [-0.25, -0.2) is 4.39 Å². The summed E-state index contributed by atoms with van der Waals surface area (Å²) >= 11 is 5.68. The van der Waals surface area contributed by atoms with E-state index >= 15 is 0 Å². The van der Waals surface area contributed by atoms with Crippen molar-refractivity contribution in [2.75, 3.05) is 11.1 Å². The molecule has 2 rings (SSSR count). The summed E-state index contributed by atoms with van der Waals surface area (Å²) in [6.07, 6.45) is 1.51. The SMILES string of the molecule is Cn1cc(N)c(C(=O)Nc2cc(F)cc(Cl)c2)n1. The highest BCUT2D eigenvalue weighted by molar-refractivity contribution is 6.31. The van der Waals surface area contributed by atoms with E-state index in [4.69, 9.17) is 17.3 Å². The van der Waals surface area contributed by atoms with Crippen LogP contribution >= 0.6 is 11.6 Å². The van der Waals surface area contributed by atoms with Crippen LogP contribution in [-0.4, -0.2) is 15.7 Å². The summed E-state index contributed by atoms with van der Waals surface area (Å²) in [5, 5.41) is 6.57. The first kappa shape index (κ1) is 12.4. The molecule has 0 fully saturated rings. The highest BCUT2D eigenvalue weighted by atomic mass is 35.5. The lowest BCUT2D eigenvalue weighted by molar-refractivity contribution is 0.102. The predicted molar refractivity (Wildman–Crippen MR) is 67.0 cm³/mol. The number of carbonyl (C=O) groups excluding carboxylic acids is 1. The van der Waals surface area contributed by atoms with Crippen molar-refractivity contribution < 1.29 is 9.18 Å². The number of aryl methyl sites for hydroxylation is 1. The minimum atomic E-state index is -0.535. The van der Waals surface area contributed by atoms with Gasteiger partial charge in [-0.1, -0.05) is 11.6 Å². The van der Waals surface area contributed by atoms with Gasteiger partial charge in [-0.2, -0.15) is 5.10 Å². The summed E-state index contributed by atoms with van der Waals surface area (Å²) in [4.78, 5) is 11.8. The molecule has 0 unspecified atom stereocenters. The van der Waals surface area contributed by atoms with Crippen LogP contribution in [0.4, 0.5) is 15.8 Å². The lowest BCUT2D eigenvalue weighted by Crippen LogP contribution is -2.14. The second-order valence-electron chi connectivity index (χ2n) is 3.72. The Morgan fingerprint density at radius 3 is 2.78 bits per heavy atom. The molecule has 1 heterocycles. The van der Waals surface area contributed by atoms with Crippen LogP contribution in [0.2, 0.25) is 5.02 Å². The van der Waals surface area contributed by atoms with Crippen LogP contribution in [0.25, 0.3) is 0 Å². The number of nitrogens with one attached hydrogen (secondary N) is 1. The van der Waals surface area contributed by atoms with Gasteiger partial charge in [0.1, 0.15) is 5.82 Å². The number of halogens is 2. The third-order valence-corrected chi connectivity index (χ3v) is 2.41. The number of carbonyl (C=O) groups is 1. The van der Waals surface area contributed by atoms with Gasteiger partial charge in [-0.3, -0.25) is 9.48 Å². The second-order valence-corrected chi connectivity index (χ2v) is 4.16. The number of hydrogen-bond acceptors (Lipinski definition) is 3. The molecule has 3 N–H and O–H groups in total. The zero-order valence-electron chi connectivity index (χ0n) is 9.45. The summed E-state index contributed by atoms with van der Waals surface area (Å²) < 4.78 is 14.5. The number of nitrogens with zero attached hydrogens (tertiary/aromatic N) is 2. The Balaban J connectivity index is 2.23. The van der Waals surface area contributed by atoms with Gasteiger partial charge in [0.15, 0.2) is 5.69 Å². The Morgan fingerprint density at radius 2 is 2.22 bits per heavy atom. The average Bonchev–Trinajstić information content (AvgIpc) is 2.56. The summed E-state index contributed by atoms with van der Waals surface area (Å²) in [7, 11) is 1.65. The number of rotatable bonds is 2. The number of nitrogen functional groups attached to an aromatic ring is 1. The Hall–Kier alpha value is -2.08. The van der Waals surface area contributed by atoms with E-state index in [1.54, 1.807) is 7.05 Å². The molecule has 94 valence electrons. The molecule has 0 saturated heterocycles. The van der Waals surface area contributed by atoms with E-state index in [1.165, 1.54) is 16.9 Å². The number of anilines is 2. The van der Waals surface area contributed by atoms with Gasteiger partial charge in [-0.15, -0.1) is 0 Å². The van der Waals surface area contributed by atoms with Gasteiger partial charge >= 0.3 is 0 Å². The molecule has 0 saturated carbocycles. The van der Waals surface area contributed by atoms with Crippen LogP contribution in [0, 0.1) is 5.82 Å². The van der Waals surface area contributed by atoms with Crippen molar-refractivity contribution in [2.45, 2.75) is 0 Å². The second kappa shape index (κ2) is 4.66. The fraction of sp³-hybridized carbons (Fsp3) is 0.0909. The molecule has 0 bridgehead atoms. The Labute approximate surface area is 107 Å². The van der Waals surface area contributed by atoms with Crippen molar-refractivity contribution in [3.05, 3.63) is 40.9 Å². The van der Waals surface area contributed by atoms with Crippen LogP contribution < -0.4 is 11.1 Å². The smallest absolute Gasteiger partial charge is 0.278 e. The molecule has 0 aliphatic rings. The normalized spacial score (nSPS) is 10.4. The van der Waals surface area contributed by atoms with Crippen LogP contribution in [-0.2, 0) is 7.05 Å². The summed E-state index contributed by atoms with van der Waals surface area (Å²) in [6.45, 7) is 0. The van der Waals surface area contributed by atoms with Gasteiger partial charge in [0.05, 0.1) is 5.69 Å². The first-order chi connectivity index (χ1) is 8.45. The maximum absolute atomic E-state index is 13.1. The third-order valence-electron chi connectivity index (χ3n) is 2.19. The lowest BCUT2D eigenvalue weighted by Gasteiger charge is -2.04. The van der Waals surface area contributed by atoms with Crippen molar-refractivity contribution in [1.82, 2.24) is 9.78 Å². The van der Waals surface area contributed by atoms with Gasteiger partial charge < -0.3 is 11.1 Å². The topological polar surface area (TPSA) is 72.9 Å². The molecule has 5 nitrogen and oxygen atoms in total. The highest BCUT2D eigenvalue weighted by Gasteiger charge is 2.14. The van der Waals surface area contributed by atoms with Crippen molar-refractivity contribution >= 4 is 28.9 Å². The molecule has 2 aromatic rings. The number of benzene rings is 1. The zero-order chi connectivity index (χ0) is 13.3. The molecular formula is C11H10ClFN4O. The van der Waals surface area contributed by atoms with Gasteiger partial charge in [0, 0.05) is 24.0 Å². The van der Waals surface area contributed by atoms with Gasteiger partial charge in [-0.05, 0) is 18.2 Å². The first-order valence-corrected chi connectivity index (χ1v) is 5.40. The number of hydrogen-bond donors (Lipinski definition) is 2. The number of aromatic nitrogens is 2. The van der Waals surface area contributed by atoms with Gasteiger partial charge in [0.25, 0.3) is 5.91 Å². The summed E-state index contributed by atoms with van der Waals surface area (Å²) in [6, 6.07) is 3.73. The molecule has 0 aliphatic carbocycles. The minimum absolute atomic E-state index is 0.0814. The maximum atomic E-state index is 13.1. The van der Waals surface area contributed by atoms with E-state index in [1.807, 2.05) is 0 Å².